The number of amides is 2. The topological polar surface area (TPSA) is 51.7 Å². The van der Waals surface area contributed by atoms with Gasteiger partial charge in [-0.15, -0.1) is 11.3 Å². The van der Waals surface area contributed by atoms with Crippen LogP contribution >= 0.6 is 11.3 Å². The van der Waals surface area contributed by atoms with Crippen LogP contribution in [0.1, 0.15) is 16.0 Å². The summed E-state index contributed by atoms with van der Waals surface area (Å²) in [6.45, 7) is 7.34. The van der Waals surface area contributed by atoms with E-state index < -0.39 is 0 Å². The molecule has 26 heavy (non-hydrogen) atoms. The molecule has 2 aromatic heterocycles. The molecular weight excluding hydrogens is 346 g/mol. The fraction of sp³-hybridized carbons (Fsp3) is 0.474. The molecular formula is C19H27N5OS. The van der Waals surface area contributed by atoms with Crippen molar-refractivity contribution in [3.63, 3.8) is 0 Å². The number of nitrogens with zero attached hydrogens (tertiary/aromatic N) is 4. The van der Waals surface area contributed by atoms with Gasteiger partial charge in [-0.05, 0) is 42.6 Å². The van der Waals surface area contributed by atoms with Crippen LogP contribution in [-0.4, -0.2) is 61.1 Å². The summed E-state index contributed by atoms with van der Waals surface area (Å²) in [7, 11) is 3.97. The Kier molecular flexibility index (Phi) is 6.11. The fourth-order valence-electron chi connectivity index (χ4n) is 2.91. The number of hydrogen-bond donors (Lipinski definition) is 1. The van der Waals surface area contributed by atoms with Crippen LogP contribution in [0.3, 0.4) is 0 Å². The van der Waals surface area contributed by atoms with Gasteiger partial charge >= 0.3 is 6.03 Å². The molecule has 0 atom stereocenters. The molecule has 2 amide bonds. The molecule has 1 saturated heterocycles. The Hall–Kier alpha value is -2.12. The lowest BCUT2D eigenvalue weighted by atomic mass is 10.2. The Morgan fingerprint density at radius 3 is 2.65 bits per heavy atom. The Balaban J connectivity index is 1.48. The Morgan fingerprint density at radius 1 is 1.27 bits per heavy atom. The summed E-state index contributed by atoms with van der Waals surface area (Å²) >= 11 is 1.69. The molecule has 3 rings (SSSR count). The number of aromatic nitrogens is 1. The lowest BCUT2D eigenvalue weighted by Gasteiger charge is -2.33. The van der Waals surface area contributed by atoms with Crippen molar-refractivity contribution in [3.8, 4) is 0 Å². The maximum absolute atomic E-state index is 12.3. The SMILES string of the molecule is Cc1ccsc1CN(C)C(=O)NCc1ccc(N2CCN(C)CC2)nc1. The lowest BCUT2D eigenvalue weighted by molar-refractivity contribution is 0.207. The van der Waals surface area contributed by atoms with Gasteiger partial charge in [-0.3, -0.25) is 0 Å². The molecule has 1 N–H and O–H groups in total. The van der Waals surface area contributed by atoms with E-state index in [-0.39, 0.29) is 6.03 Å². The first kappa shape index (κ1) is 18.7. The molecule has 2 aromatic rings. The summed E-state index contributed by atoms with van der Waals surface area (Å²) in [4.78, 5) is 24.4. The zero-order chi connectivity index (χ0) is 18.5. The van der Waals surface area contributed by atoms with Crippen LogP contribution in [0.2, 0.25) is 0 Å². The van der Waals surface area contributed by atoms with E-state index in [9.17, 15) is 4.79 Å². The highest BCUT2D eigenvalue weighted by atomic mass is 32.1. The third-order valence-electron chi connectivity index (χ3n) is 4.78. The van der Waals surface area contributed by atoms with Crippen molar-refractivity contribution >= 4 is 23.2 Å². The molecule has 3 heterocycles. The molecule has 6 nitrogen and oxygen atoms in total. The highest BCUT2D eigenvalue weighted by Crippen LogP contribution is 2.17. The largest absolute Gasteiger partial charge is 0.354 e. The summed E-state index contributed by atoms with van der Waals surface area (Å²) < 4.78 is 0. The minimum absolute atomic E-state index is 0.0686. The van der Waals surface area contributed by atoms with Gasteiger partial charge < -0.3 is 20.0 Å². The molecule has 7 heteroatoms. The maximum atomic E-state index is 12.3. The van der Waals surface area contributed by atoms with Gasteiger partial charge in [-0.25, -0.2) is 9.78 Å². The van der Waals surface area contributed by atoms with Gasteiger partial charge in [-0.2, -0.15) is 0 Å². The average molecular weight is 374 g/mol. The molecule has 1 aliphatic heterocycles. The number of hydrogen-bond acceptors (Lipinski definition) is 5. The lowest BCUT2D eigenvalue weighted by Crippen LogP contribution is -2.44. The van der Waals surface area contributed by atoms with E-state index in [1.807, 2.05) is 25.4 Å². The molecule has 0 saturated carbocycles. The van der Waals surface area contributed by atoms with Crippen molar-refractivity contribution < 1.29 is 4.79 Å². The number of likely N-dealkylation sites (N-methyl/N-ethyl adjacent to an activating group) is 1. The molecule has 0 bridgehead atoms. The van der Waals surface area contributed by atoms with Gasteiger partial charge in [-0.1, -0.05) is 6.07 Å². The highest BCUT2D eigenvalue weighted by molar-refractivity contribution is 7.10. The highest BCUT2D eigenvalue weighted by Gasteiger charge is 2.15. The van der Waals surface area contributed by atoms with E-state index in [4.69, 9.17) is 0 Å². The number of carbonyl (C=O) groups excluding carboxylic acids is 1. The standard InChI is InChI=1S/C19H27N5OS/c1-15-6-11-26-17(15)14-23(3)19(25)21-13-16-4-5-18(20-12-16)24-9-7-22(2)8-10-24/h4-6,11-12H,7-10,13-14H2,1-3H3,(H,21,25). The van der Waals surface area contributed by atoms with Gasteiger partial charge in [0.25, 0.3) is 0 Å². The molecule has 0 radical (unpaired) electrons. The van der Waals surface area contributed by atoms with Crippen molar-refractivity contribution in [1.82, 2.24) is 20.1 Å². The Labute approximate surface area is 159 Å². The number of pyridine rings is 1. The minimum atomic E-state index is -0.0686. The second-order valence-corrected chi connectivity index (χ2v) is 7.86. The number of nitrogens with one attached hydrogen (secondary N) is 1. The number of carbonyl (C=O) groups is 1. The van der Waals surface area contributed by atoms with E-state index in [0.29, 0.717) is 13.1 Å². The number of aryl methyl sites for hydroxylation is 1. The molecule has 1 aliphatic rings. The van der Waals surface area contributed by atoms with Crippen LogP contribution in [0.5, 0.6) is 0 Å². The second kappa shape index (κ2) is 8.51. The van der Waals surface area contributed by atoms with E-state index in [1.165, 1.54) is 10.4 Å². The van der Waals surface area contributed by atoms with Gasteiger partial charge in [0.15, 0.2) is 0 Å². The Morgan fingerprint density at radius 2 is 2.04 bits per heavy atom. The number of anilines is 1. The van der Waals surface area contributed by atoms with Gasteiger partial charge in [0.2, 0.25) is 0 Å². The van der Waals surface area contributed by atoms with Crippen molar-refractivity contribution in [2.45, 2.75) is 20.0 Å². The van der Waals surface area contributed by atoms with Crippen molar-refractivity contribution in [2.24, 2.45) is 0 Å². The Bertz CT molecular complexity index is 722. The molecule has 0 unspecified atom stereocenters. The van der Waals surface area contributed by atoms with Crippen LogP contribution in [0.4, 0.5) is 10.6 Å². The van der Waals surface area contributed by atoms with E-state index in [2.05, 4.69) is 45.5 Å². The number of urea groups is 1. The number of rotatable bonds is 5. The first-order chi connectivity index (χ1) is 12.5. The van der Waals surface area contributed by atoms with Crippen molar-refractivity contribution in [2.75, 3.05) is 45.2 Å². The van der Waals surface area contributed by atoms with E-state index in [0.717, 1.165) is 37.6 Å². The maximum Gasteiger partial charge on any atom is 0.317 e. The quantitative estimate of drug-likeness (QED) is 0.875. The zero-order valence-electron chi connectivity index (χ0n) is 15.7. The third-order valence-corrected chi connectivity index (χ3v) is 5.78. The van der Waals surface area contributed by atoms with Crippen LogP contribution in [0.25, 0.3) is 0 Å². The predicted molar refractivity (Wildman–Crippen MR) is 107 cm³/mol. The smallest absolute Gasteiger partial charge is 0.317 e. The number of thiophene rings is 1. The first-order valence-electron chi connectivity index (χ1n) is 8.93. The molecule has 0 spiro atoms. The van der Waals surface area contributed by atoms with Crippen LogP contribution in [-0.2, 0) is 13.1 Å². The van der Waals surface area contributed by atoms with E-state index in [1.54, 1.807) is 16.2 Å². The summed E-state index contributed by atoms with van der Waals surface area (Å²) in [5.74, 6) is 1.01. The van der Waals surface area contributed by atoms with Crippen molar-refractivity contribution in [3.05, 3.63) is 45.8 Å². The zero-order valence-corrected chi connectivity index (χ0v) is 16.6. The fourth-order valence-corrected chi connectivity index (χ4v) is 3.87. The molecule has 140 valence electrons. The molecule has 0 aliphatic carbocycles. The monoisotopic (exact) mass is 373 g/mol. The van der Waals surface area contributed by atoms with E-state index >= 15 is 0 Å². The van der Waals surface area contributed by atoms with Crippen molar-refractivity contribution in [1.29, 1.82) is 0 Å². The van der Waals surface area contributed by atoms with Crippen LogP contribution in [0.15, 0.2) is 29.8 Å². The van der Waals surface area contributed by atoms with Gasteiger partial charge in [0, 0.05) is 50.8 Å². The normalized spacial score (nSPS) is 15.1. The van der Waals surface area contributed by atoms with Gasteiger partial charge in [0.05, 0.1) is 6.54 Å². The summed E-state index contributed by atoms with van der Waals surface area (Å²) in [6.07, 6.45) is 1.86. The third kappa shape index (κ3) is 4.74. The average Bonchev–Trinajstić information content (AvgIpc) is 3.05. The summed E-state index contributed by atoms with van der Waals surface area (Å²) in [5, 5.41) is 5.03. The molecule has 1 fully saturated rings. The first-order valence-corrected chi connectivity index (χ1v) is 9.81. The molecule has 0 aromatic carbocycles. The summed E-state index contributed by atoms with van der Waals surface area (Å²) in [5.41, 5.74) is 2.25. The summed E-state index contributed by atoms with van der Waals surface area (Å²) in [6, 6.07) is 6.11. The van der Waals surface area contributed by atoms with Crippen LogP contribution in [0, 0.1) is 6.92 Å². The minimum Gasteiger partial charge on any atom is -0.354 e. The second-order valence-electron chi connectivity index (χ2n) is 6.86. The van der Waals surface area contributed by atoms with Crippen LogP contribution < -0.4 is 10.2 Å². The number of piperazine rings is 1. The van der Waals surface area contributed by atoms with Gasteiger partial charge in [0.1, 0.15) is 5.82 Å². The predicted octanol–water partition coefficient (Wildman–Crippen LogP) is 2.54.